The maximum absolute atomic E-state index is 13.3. The molecule has 2 aliphatic rings. The maximum atomic E-state index is 13.3. The van der Waals surface area contributed by atoms with Crippen LogP contribution in [-0.2, 0) is 4.79 Å². The topological polar surface area (TPSA) is 61.4 Å². The highest BCUT2D eigenvalue weighted by molar-refractivity contribution is 6.30. The molecule has 2 aromatic rings. The van der Waals surface area contributed by atoms with Gasteiger partial charge in [0.2, 0.25) is 11.9 Å². The van der Waals surface area contributed by atoms with Gasteiger partial charge in [-0.05, 0) is 69.7 Å². The Kier molecular flexibility index (Phi) is 6.65. The number of nitrogens with one attached hydrogen (secondary N) is 1. The van der Waals surface area contributed by atoms with E-state index >= 15 is 0 Å². The summed E-state index contributed by atoms with van der Waals surface area (Å²) in [4.78, 5) is 26.5. The Labute approximate surface area is 190 Å². The van der Waals surface area contributed by atoms with E-state index in [0.29, 0.717) is 17.0 Å². The van der Waals surface area contributed by atoms with Crippen LogP contribution in [0.4, 0.5) is 17.5 Å². The first kappa shape index (κ1) is 21.9. The minimum absolute atomic E-state index is 0.177. The molecule has 6 nitrogen and oxygen atoms in total. The molecule has 0 saturated heterocycles. The van der Waals surface area contributed by atoms with Gasteiger partial charge in [-0.15, -0.1) is 0 Å². The van der Waals surface area contributed by atoms with E-state index in [4.69, 9.17) is 11.6 Å². The van der Waals surface area contributed by atoms with Crippen LogP contribution in [-0.4, -0.2) is 42.1 Å². The van der Waals surface area contributed by atoms with E-state index in [1.165, 1.54) is 0 Å². The first-order valence-corrected chi connectivity index (χ1v) is 11.7. The van der Waals surface area contributed by atoms with Crippen molar-refractivity contribution in [2.75, 3.05) is 29.2 Å². The molecule has 4 rings (SSSR count). The van der Waals surface area contributed by atoms with Crippen molar-refractivity contribution in [1.82, 2.24) is 9.97 Å². The molecule has 1 aromatic carbocycles. The molecule has 0 spiro atoms. The average Bonchev–Trinajstić information content (AvgIpc) is 2.69. The van der Waals surface area contributed by atoms with Gasteiger partial charge in [0.25, 0.3) is 0 Å². The van der Waals surface area contributed by atoms with Gasteiger partial charge in [-0.1, -0.05) is 18.0 Å². The van der Waals surface area contributed by atoms with Crippen LogP contribution >= 0.6 is 11.6 Å². The lowest BCUT2D eigenvalue weighted by molar-refractivity contribution is -0.125. The fourth-order valence-electron chi connectivity index (χ4n) is 4.48. The molecule has 1 aromatic heterocycles. The summed E-state index contributed by atoms with van der Waals surface area (Å²) in [6.45, 7) is 1.99. The zero-order chi connectivity index (χ0) is 22.0. The van der Waals surface area contributed by atoms with Crippen LogP contribution in [0.15, 0.2) is 30.3 Å². The number of anilines is 3. The van der Waals surface area contributed by atoms with Gasteiger partial charge in [0, 0.05) is 54.6 Å². The number of benzene rings is 1. The fraction of sp³-hybridized carbons (Fsp3) is 0.542. The Bertz CT molecular complexity index is 905. The number of carbonyl (C=O) groups is 1. The van der Waals surface area contributed by atoms with Gasteiger partial charge >= 0.3 is 0 Å². The summed E-state index contributed by atoms with van der Waals surface area (Å²) >= 11 is 6.09. The second-order valence-electron chi connectivity index (χ2n) is 9.05. The van der Waals surface area contributed by atoms with Crippen LogP contribution in [0.2, 0.25) is 5.02 Å². The van der Waals surface area contributed by atoms with E-state index in [1.54, 1.807) is 0 Å². The van der Waals surface area contributed by atoms with Gasteiger partial charge in [-0.3, -0.25) is 4.79 Å². The normalized spacial score (nSPS) is 21.3. The maximum Gasteiger partial charge on any atom is 0.230 e. The molecule has 0 atom stereocenters. The monoisotopic (exact) mass is 441 g/mol. The number of hydrogen-bond acceptors (Lipinski definition) is 5. The van der Waals surface area contributed by atoms with Crippen LogP contribution in [0.3, 0.4) is 0 Å². The molecular formula is C24H32ClN5O. The number of aromatic nitrogens is 2. The number of rotatable bonds is 6. The summed E-state index contributed by atoms with van der Waals surface area (Å²) < 4.78 is 0. The van der Waals surface area contributed by atoms with E-state index < -0.39 is 0 Å². The van der Waals surface area contributed by atoms with E-state index in [2.05, 4.69) is 20.2 Å². The smallest absolute Gasteiger partial charge is 0.230 e. The van der Waals surface area contributed by atoms with E-state index in [9.17, 15) is 4.79 Å². The first-order chi connectivity index (χ1) is 14.9. The minimum Gasteiger partial charge on any atom is -0.363 e. The summed E-state index contributed by atoms with van der Waals surface area (Å²) in [6, 6.07) is 10.2. The van der Waals surface area contributed by atoms with E-state index in [0.717, 1.165) is 62.1 Å². The van der Waals surface area contributed by atoms with E-state index in [-0.39, 0.29) is 17.9 Å². The molecule has 0 radical (unpaired) electrons. The average molecular weight is 442 g/mol. The highest BCUT2D eigenvalue weighted by Crippen LogP contribution is 2.35. The zero-order valence-electron chi connectivity index (χ0n) is 18.6. The van der Waals surface area contributed by atoms with Crippen molar-refractivity contribution in [3.8, 4) is 0 Å². The zero-order valence-corrected chi connectivity index (χ0v) is 19.4. The van der Waals surface area contributed by atoms with Crippen molar-refractivity contribution in [2.45, 2.75) is 64.0 Å². The third-order valence-electron chi connectivity index (χ3n) is 6.49. The van der Waals surface area contributed by atoms with Crippen molar-refractivity contribution in [3.05, 3.63) is 41.0 Å². The third kappa shape index (κ3) is 5.12. The Morgan fingerprint density at radius 3 is 2.29 bits per heavy atom. The van der Waals surface area contributed by atoms with Crippen molar-refractivity contribution in [2.24, 2.45) is 5.92 Å². The van der Waals surface area contributed by atoms with Crippen LogP contribution in [0, 0.1) is 12.8 Å². The van der Waals surface area contributed by atoms with Gasteiger partial charge in [0.15, 0.2) is 0 Å². The molecule has 1 heterocycles. The molecule has 2 fully saturated rings. The fourth-order valence-corrected chi connectivity index (χ4v) is 4.60. The van der Waals surface area contributed by atoms with Gasteiger partial charge in [-0.2, -0.15) is 4.98 Å². The summed E-state index contributed by atoms with van der Waals surface area (Å²) in [5.41, 5.74) is 1.92. The lowest BCUT2D eigenvalue weighted by Gasteiger charge is -2.40. The molecule has 2 aliphatic carbocycles. The molecule has 0 unspecified atom stereocenters. The highest BCUT2D eigenvalue weighted by atomic mass is 35.5. The molecule has 0 bridgehead atoms. The van der Waals surface area contributed by atoms with Gasteiger partial charge in [0.1, 0.15) is 5.82 Å². The Morgan fingerprint density at radius 2 is 1.71 bits per heavy atom. The van der Waals surface area contributed by atoms with Crippen molar-refractivity contribution in [3.63, 3.8) is 0 Å². The number of hydrogen-bond donors (Lipinski definition) is 1. The van der Waals surface area contributed by atoms with Crippen LogP contribution in [0.1, 0.15) is 50.6 Å². The summed E-state index contributed by atoms with van der Waals surface area (Å²) in [5, 5.41) is 4.23. The van der Waals surface area contributed by atoms with Gasteiger partial charge in [-0.25, -0.2) is 4.98 Å². The lowest BCUT2D eigenvalue weighted by Crippen LogP contribution is -2.48. The molecule has 1 N–H and O–H groups in total. The quantitative estimate of drug-likeness (QED) is 0.678. The van der Waals surface area contributed by atoms with Crippen LogP contribution < -0.4 is 15.1 Å². The molecule has 166 valence electrons. The summed E-state index contributed by atoms with van der Waals surface area (Å²) in [6.07, 6.45) is 7.09. The van der Waals surface area contributed by atoms with Crippen molar-refractivity contribution in [1.29, 1.82) is 0 Å². The Morgan fingerprint density at radius 1 is 1.03 bits per heavy atom. The third-order valence-corrected chi connectivity index (χ3v) is 6.74. The molecule has 1 amide bonds. The number of aryl methyl sites for hydroxylation is 1. The number of halogens is 1. The lowest BCUT2D eigenvalue weighted by atomic mass is 9.82. The first-order valence-electron chi connectivity index (χ1n) is 11.3. The largest absolute Gasteiger partial charge is 0.363 e. The molecule has 31 heavy (non-hydrogen) atoms. The number of carbonyl (C=O) groups excluding carboxylic acids is 1. The Balaban J connectivity index is 1.44. The number of nitrogens with zero attached hydrogens (tertiary/aromatic N) is 4. The number of amides is 1. The molecule has 0 aliphatic heterocycles. The highest BCUT2D eigenvalue weighted by Gasteiger charge is 2.36. The standard InChI is InChI=1S/C24H32ClN5O/c1-16-15-22(29(2)3)28-24(26-16)27-19-9-13-21(14-10-19)30(23(31)17-5-4-6-17)20-11-7-18(25)8-12-20/h7-8,11-12,15,17,19,21H,4-6,9-10,13-14H2,1-3H3,(H,26,27,28). The SMILES string of the molecule is Cc1cc(N(C)C)nc(NC2CCC(N(C(=O)C3CCC3)c3ccc(Cl)cc3)CC2)n1. The van der Waals surface area contributed by atoms with Gasteiger partial charge in [0.05, 0.1) is 0 Å². The summed E-state index contributed by atoms with van der Waals surface area (Å²) in [5.74, 6) is 2.05. The second-order valence-corrected chi connectivity index (χ2v) is 9.48. The second kappa shape index (κ2) is 9.43. The van der Waals surface area contributed by atoms with Crippen LogP contribution in [0.25, 0.3) is 0 Å². The molecule has 7 heteroatoms. The summed E-state index contributed by atoms with van der Waals surface area (Å²) in [7, 11) is 3.97. The Hall–Kier alpha value is -2.34. The predicted molar refractivity (Wildman–Crippen MR) is 127 cm³/mol. The van der Waals surface area contributed by atoms with Crippen molar-refractivity contribution < 1.29 is 4.79 Å². The van der Waals surface area contributed by atoms with Gasteiger partial charge < -0.3 is 15.1 Å². The van der Waals surface area contributed by atoms with E-state index in [1.807, 2.05) is 56.3 Å². The minimum atomic E-state index is 0.177. The molecule has 2 saturated carbocycles. The predicted octanol–water partition coefficient (Wildman–Crippen LogP) is 5.06. The van der Waals surface area contributed by atoms with Crippen molar-refractivity contribution >= 4 is 35.0 Å². The van der Waals surface area contributed by atoms with Crippen LogP contribution in [0.5, 0.6) is 0 Å². The molecular weight excluding hydrogens is 410 g/mol.